The number of rotatable bonds is 5. The highest BCUT2D eigenvalue weighted by Gasteiger charge is 2.34. The van der Waals surface area contributed by atoms with Crippen LogP contribution in [-0.2, 0) is 9.53 Å². The van der Waals surface area contributed by atoms with Crippen LogP contribution in [0.2, 0.25) is 0 Å². The average Bonchev–Trinajstić information content (AvgIpc) is 2.99. The standard InChI is InChI=1S/C12H22N2O2/c1-3-14(8-9-4-5-9)12(15)11-6-10(16-2)7-13-11/h9-11,13H,3-8H2,1-2H3. The van der Waals surface area contributed by atoms with Crippen LogP contribution in [0.1, 0.15) is 26.2 Å². The van der Waals surface area contributed by atoms with E-state index >= 15 is 0 Å². The molecule has 2 rings (SSSR count). The number of hydrogen-bond donors (Lipinski definition) is 1. The number of amides is 1. The lowest BCUT2D eigenvalue weighted by Crippen LogP contribution is -2.44. The Kier molecular flexibility index (Phi) is 3.82. The largest absolute Gasteiger partial charge is 0.380 e. The zero-order valence-corrected chi connectivity index (χ0v) is 10.2. The molecule has 2 unspecified atom stereocenters. The molecule has 1 amide bonds. The molecular weight excluding hydrogens is 204 g/mol. The van der Waals surface area contributed by atoms with Crippen LogP contribution in [-0.4, -0.2) is 49.7 Å². The highest BCUT2D eigenvalue weighted by molar-refractivity contribution is 5.82. The summed E-state index contributed by atoms with van der Waals surface area (Å²) >= 11 is 0. The first-order chi connectivity index (χ1) is 7.74. The summed E-state index contributed by atoms with van der Waals surface area (Å²) in [6.45, 7) is 4.63. The van der Waals surface area contributed by atoms with Crippen molar-refractivity contribution in [2.75, 3.05) is 26.7 Å². The van der Waals surface area contributed by atoms with Gasteiger partial charge >= 0.3 is 0 Å². The fourth-order valence-corrected chi connectivity index (χ4v) is 2.28. The van der Waals surface area contributed by atoms with Gasteiger partial charge in [0.2, 0.25) is 5.91 Å². The summed E-state index contributed by atoms with van der Waals surface area (Å²) in [6.07, 6.45) is 3.61. The number of nitrogens with one attached hydrogen (secondary N) is 1. The van der Waals surface area contributed by atoms with Gasteiger partial charge in [-0.2, -0.15) is 0 Å². The summed E-state index contributed by atoms with van der Waals surface area (Å²) in [5.41, 5.74) is 0. The minimum atomic E-state index is -0.0244. The molecule has 16 heavy (non-hydrogen) atoms. The smallest absolute Gasteiger partial charge is 0.239 e. The number of likely N-dealkylation sites (N-methyl/N-ethyl adjacent to an activating group) is 1. The van der Waals surface area contributed by atoms with Crippen LogP contribution in [0.3, 0.4) is 0 Å². The van der Waals surface area contributed by atoms with Gasteiger partial charge < -0.3 is 15.0 Å². The van der Waals surface area contributed by atoms with Gasteiger partial charge in [0.1, 0.15) is 0 Å². The number of nitrogens with zero attached hydrogens (tertiary/aromatic N) is 1. The summed E-state index contributed by atoms with van der Waals surface area (Å²) in [7, 11) is 1.71. The zero-order valence-electron chi connectivity index (χ0n) is 10.2. The maximum atomic E-state index is 12.2. The molecule has 0 radical (unpaired) electrons. The number of carbonyl (C=O) groups is 1. The van der Waals surface area contributed by atoms with Crippen molar-refractivity contribution in [3.63, 3.8) is 0 Å². The van der Waals surface area contributed by atoms with Gasteiger partial charge in [0.15, 0.2) is 0 Å². The molecule has 2 fully saturated rings. The van der Waals surface area contributed by atoms with Crippen molar-refractivity contribution in [2.45, 2.75) is 38.3 Å². The molecule has 1 aliphatic carbocycles. The Labute approximate surface area is 97.3 Å². The maximum absolute atomic E-state index is 12.2. The Bertz CT molecular complexity index is 253. The van der Waals surface area contributed by atoms with E-state index < -0.39 is 0 Å². The van der Waals surface area contributed by atoms with Crippen LogP contribution in [0.25, 0.3) is 0 Å². The van der Waals surface area contributed by atoms with Gasteiger partial charge in [-0.15, -0.1) is 0 Å². The van der Waals surface area contributed by atoms with Crippen molar-refractivity contribution >= 4 is 5.91 Å². The molecule has 92 valence electrons. The first kappa shape index (κ1) is 11.9. The van der Waals surface area contributed by atoms with Gasteiger partial charge in [-0.05, 0) is 32.1 Å². The van der Waals surface area contributed by atoms with E-state index in [4.69, 9.17) is 4.74 Å². The molecule has 2 aliphatic rings. The van der Waals surface area contributed by atoms with E-state index in [0.29, 0.717) is 0 Å². The number of methoxy groups -OCH3 is 1. The predicted molar refractivity (Wildman–Crippen MR) is 62.2 cm³/mol. The molecule has 0 spiro atoms. The third kappa shape index (κ3) is 2.74. The quantitative estimate of drug-likeness (QED) is 0.747. The lowest BCUT2D eigenvalue weighted by molar-refractivity contribution is -0.133. The number of ether oxygens (including phenoxy) is 1. The van der Waals surface area contributed by atoms with Crippen LogP contribution in [0.4, 0.5) is 0 Å². The SMILES string of the molecule is CCN(CC1CC1)C(=O)C1CC(OC)CN1. The van der Waals surface area contributed by atoms with Gasteiger partial charge in [0, 0.05) is 26.7 Å². The molecule has 2 atom stereocenters. The fraction of sp³-hybridized carbons (Fsp3) is 0.917. The molecule has 0 aromatic carbocycles. The fourth-order valence-electron chi connectivity index (χ4n) is 2.28. The van der Waals surface area contributed by atoms with Crippen LogP contribution < -0.4 is 5.32 Å². The second-order valence-electron chi connectivity index (χ2n) is 4.87. The average molecular weight is 226 g/mol. The summed E-state index contributed by atoms with van der Waals surface area (Å²) in [5.74, 6) is 1.03. The molecule has 0 bridgehead atoms. The third-order valence-electron chi connectivity index (χ3n) is 3.59. The Hall–Kier alpha value is -0.610. The van der Waals surface area contributed by atoms with E-state index in [1.807, 2.05) is 4.90 Å². The maximum Gasteiger partial charge on any atom is 0.239 e. The Morgan fingerprint density at radius 3 is 2.75 bits per heavy atom. The number of carbonyl (C=O) groups excluding carboxylic acids is 1. The van der Waals surface area contributed by atoms with Crippen LogP contribution in [0.15, 0.2) is 0 Å². The molecule has 1 aliphatic heterocycles. The lowest BCUT2D eigenvalue weighted by Gasteiger charge is -2.24. The van der Waals surface area contributed by atoms with E-state index in [0.717, 1.165) is 32.0 Å². The minimum Gasteiger partial charge on any atom is -0.380 e. The Morgan fingerprint density at radius 1 is 1.50 bits per heavy atom. The van der Waals surface area contributed by atoms with Gasteiger partial charge in [-0.3, -0.25) is 4.79 Å². The molecule has 0 aromatic rings. The van der Waals surface area contributed by atoms with Crippen LogP contribution >= 0.6 is 0 Å². The summed E-state index contributed by atoms with van der Waals surface area (Å²) < 4.78 is 5.27. The number of hydrogen-bond acceptors (Lipinski definition) is 3. The third-order valence-corrected chi connectivity index (χ3v) is 3.59. The second kappa shape index (κ2) is 5.15. The molecular formula is C12H22N2O2. The summed E-state index contributed by atoms with van der Waals surface area (Å²) in [4.78, 5) is 14.2. The highest BCUT2D eigenvalue weighted by atomic mass is 16.5. The molecule has 1 N–H and O–H groups in total. The molecule has 4 heteroatoms. The van der Waals surface area contributed by atoms with Crippen molar-refractivity contribution in [3.8, 4) is 0 Å². The van der Waals surface area contributed by atoms with Gasteiger partial charge in [-0.1, -0.05) is 0 Å². The van der Waals surface area contributed by atoms with Crippen molar-refractivity contribution in [2.24, 2.45) is 5.92 Å². The van der Waals surface area contributed by atoms with Gasteiger partial charge in [0.25, 0.3) is 0 Å². The lowest BCUT2D eigenvalue weighted by atomic mass is 10.1. The summed E-state index contributed by atoms with van der Waals surface area (Å²) in [5, 5.41) is 3.25. The van der Waals surface area contributed by atoms with Crippen molar-refractivity contribution in [1.82, 2.24) is 10.2 Å². The van der Waals surface area contributed by atoms with Gasteiger partial charge in [0.05, 0.1) is 12.1 Å². The van der Waals surface area contributed by atoms with E-state index in [1.165, 1.54) is 12.8 Å². The second-order valence-corrected chi connectivity index (χ2v) is 4.87. The molecule has 1 heterocycles. The molecule has 0 aromatic heterocycles. The van der Waals surface area contributed by atoms with Crippen molar-refractivity contribution < 1.29 is 9.53 Å². The Morgan fingerprint density at radius 2 is 2.25 bits per heavy atom. The molecule has 1 saturated heterocycles. The van der Waals surface area contributed by atoms with E-state index in [1.54, 1.807) is 7.11 Å². The van der Waals surface area contributed by atoms with Crippen molar-refractivity contribution in [3.05, 3.63) is 0 Å². The molecule has 1 saturated carbocycles. The monoisotopic (exact) mass is 226 g/mol. The Balaban J connectivity index is 1.84. The molecule has 4 nitrogen and oxygen atoms in total. The van der Waals surface area contributed by atoms with Crippen LogP contribution in [0, 0.1) is 5.92 Å². The van der Waals surface area contributed by atoms with Gasteiger partial charge in [-0.25, -0.2) is 0 Å². The zero-order chi connectivity index (χ0) is 11.5. The van der Waals surface area contributed by atoms with Crippen LogP contribution in [0.5, 0.6) is 0 Å². The first-order valence-corrected chi connectivity index (χ1v) is 6.29. The minimum absolute atomic E-state index is 0.0244. The van der Waals surface area contributed by atoms with Crippen molar-refractivity contribution in [1.29, 1.82) is 0 Å². The predicted octanol–water partition coefficient (Wildman–Crippen LogP) is 0.622. The topological polar surface area (TPSA) is 41.6 Å². The first-order valence-electron chi connectivity index (χ1n) is 6.29. The van der Waals surface area contributed by atoms with E-state index in [-0.39, 0.29) is 18.1 Å². The highest BCUT2D eigenvalue weighted by Crippen LogP contribution is 2.30. The van der Waals surface area contributed by atoms with E-state index in [9.17, 15) is 4.79 Å². The summed E-state index contributed by atoms with van der Waals surface area (Å²) in [6, 6.07) is -0.0244. The normalized spacial score (nSPS) is 29.4. The van der Waals surface area contributed by atoms with E-state index in [2.05, 4.69) is 12.2 Å².